The molecule has 80 valence electrons. The van der Waals surface area contributed by atoms with Crippen molar-refractivity contribution >= 4 is 21.8 Å². The summed E-state index contributed by atoms with van der Waals surface area (Å²) in [5.74, 6) is 0.326. The molecule has 1 saturated carbocycles. The van der Waals surface area contributed by atoms with Crippen LogP contribution in [0.4, 0.5) is 0 Å². The minimum Gasteiger partial charge on any atom is -0.488 e. The summed E-state index contributed by atoms with van der Waals surface area (Å²) in [6.07, 6.45) is 2.38. The summed E-state index contributed by atoms with van der Waals surface area (Å²) in [5.41, 5.74) is 0.332. The zero-order valence-corrected chi connectivity index (χ0v) is 9.87. The molecule has 0 radical (unpaired) electrons. The number of carbonyl (C=O) groups excluding carboxylic acids is 1. The molecule has 15 heavy (non-hydrogen) atoms. The molecule has 0 saturated heterocycles. The van der Waals surface area contributed by atoms with Crippen LogP contribution in [0.3, 0.4) is 0 Å². The molecule has 2 rings (SSSR count). The molecule has 1 aromatic rings. The largest absolute Gasteiger partial charge is 0.488 e. The Kier molecular flexibility index (Phi) is 2.90. The fourth-order valence-electron chi connectivity index (χ4n) is 1.16. The normalized spacial score (nSPS) is 14.8. The molecule has 1 fully saturated rings. The number of carbonyl (C=O) groups is 1. The van der Waals surface area contributed by atoms with Crippen molar-refractivity contribution in [3.8, 4) is 5.75 Å². The lowest BCUT2D eigenvalue weighted by molar-refractivity contribution is 0.0953. The van der Waals surface area contributed by atoms with Crippen molar-refractivity contribution in [3.63, 3.8) is 0 Å². The number of nitrogens with zero attached hydrogens (tertiary/aromatic N) is 1. The van der Waals surface area contributed by atoms with Crippen LogP contribution in [-0.2, 0) is 0 Å². The molecule has 0 atom stereocenters. The molecule has 5 heteroatoms. The maximum atomic E-state index is 11.5. The molecule has 4 nitrogen and oxygen atoms in total. The Balaban J connectivity index is 2.29. The van der Waals surface area contributed by atoms with E-state index in [1.54, 1.807) is 19.2 Å². The van der Waals surface area contributed by atoms with E-state index in [-0.39, 0.29) is 12.0 Å². The third-order valence-corrected chi connectivity index (χ3v) is 2.53. The second-order valence-electron chi connectivity index (χ2n) is 3.38. The smallest absolute Gasteiger partial charge is 0.273 e. The van der Waals surface area contributed by atoms with Gasteiger partial charge in [-0.2, -0.15) is 0 Å². The van der Waals surface area contributed by atoms with Crippen molar-refractivity contribution in [3.05, 3.63) is 22.4 Å². The number of halogens is 1. The lowest BCUT2D eigenvalue weighted by atomic mass is 10.3. The maximum Gasteiger partial charge on any atom is 0.273 e. The number of ether oxygens (including phenoxy) is 1. The van der Waals surface area contributed by atoms with Gasteiger partial charge in [-0.25, -0.2) is 4.98 Å². The molecule has 1 heterocycles. The minimum absolute atomic E-state index is 0.230. The van der Waals surface area contributed by atoms with Gasteiger partial charge in [0.05, 0.1) is 6.10 Å². The van der Waals surface area contributed by atoms with Crippen LogP contribution in [0.5, 0.6) is 5.75 Å². The second kappa shape index (κ2) is 4.18. The van der Waals surface area contributed by atoms with Crippen LogP contribution in [0, 0.1) is 0 Å². The average molecular weight is 271 g/mol. The Morgan fingerprint density at radius 1 is 1.60 bits per heavy atom. The molecule has 0 aromatic carbocycles. The number of nitrogens with one attached hydrogen (secondary N) is 1. The highest BCUT2D eigenvalue weighted by Gasteiger charge is 2.26. The SMILES string of the molecule is CNC(=O)c1nc(Br)ccc1OC1CC1. The van der Waals surface area contributed by atoms with Gasteiger partial charge in [0.2, 0.25) is 0 Å². The van der Waals surface area contributed by atoms with E-state index < -0.39 is 0 Å². The molecule has 0 aliphatic heterocycles. The number of hydrogen-bond donors (Lipinski definition) is 1. The molecule has 1 N–H and O–H groups in total. The second-order valence-corrected chi connectivity index (χ2v) is 4.19. The van der Waals surface area contributed by atoms with Gasteiger partial charge in [0.15, 0.2) is 11.4 Å². The van der Waals surface area contributed by atoms with Gasteiger partial charge in [0.1, 0.15) is 4.60 Å². The van der Waals surface area contributed by atoms with E-state index in [0.717, 1.165) is 12.8 Å². The first kappa shape index (κ1) is 10.4. The van der Waals surface area contributed by atoms with Crippen molar-refractivity contribution in [1.82, 2.24) is 10.3 Å². The lowest BCUT2D eigenvalue weighted by Crippen LogP contribution is -2.20. The third kappa shape index (κ3) is 2.47. The Morgan fingerprint density at radius 3 is 2.93 bits per heavy atom. The van der Waals surface area contributed by atoms with Crippen molar-refractivity contribution in [2.45, 2.75) is 18.9 Å². The predicted octanol–water partition coefficient (Wildman–Crippen LogP) is 1.74. The average Bonchev–Trinajstić information content (AvgIpc) is 3.03. The van der Waals surface area contributed by atoms with Crippen LogP contribution in [0.15, 0.2) is 16.7 Å². The Bertz CT molecular complexity index is 391. The number of hydrogen-bond acceptors (Lipinski definition) is 3. The van der Waals surface area contributed by atoms with Gasteiger partial charge in [-0.05, 0) is 40.9 Å². The highest BCUT2D eigenvalue weighted by Crippen LogP contribution is 2.29. The first-order valence-corrected chi connectivity index (χ1v) is 5.55. The van der Waals surface area contributed by atoms with Gasteiger partial charge in [0, 0.05) is 7.05 Å². The van der Waals surface area contributed by atoms with E-state index in [4.69, 9.17) is 4.74 Å². The topological polar surface area (TPSA) is 51.2 Å². The van der Waals surface area contributed by atoms with Crippen molar-refractivity contribution in [1.29, 1.82) is 0 Å². The number of rotatable bonds is 3. The molecule has 1 aliphatic rings. The minimum atomic E-state index is -0.230. The number of pyridine rings is 1. The summed E-state index contributed by atoms with van der Waals surface area (Å²) < 4.78 is 6.22. The molecular formula is C10H11BrN2O2. The van der Waals surface area contributed by atoms with Gasteiger partial charge in [-0.15, -0.1) is 0 Å². The quantitative estimate of drug-likeness (QED) is 0.852. The van der Waals surface area contributed by atoms with Gasteiger partial charge in [-0.3, -0.25) is 4.79 Å². The summed E-state index contributed by atoms with van der Waals surface area (Å²) in [4.78, 5) is 15.6. The van der Waals surface area contributed by atoms with Crippen LogP contribution in [0.1, 0.15) is 23.3 Å². The predicted molar refractivity (Wildman–Crippen MR) is 59.0 cm³/mol. The lowest BCUT2D eigenvalue weighted by Gasteiger charge is -2.08. The molecule has 0 unspecified atom stereocenters. The van der Waals surface area contributed by atoms with Crippen LogP contribution in [-0.4, -0.2) is 24.0 Å². The van der Waals surface area contributed by atoms with Crippen LogP contribution >= 0.6 is 15.9 Å². The summed E-state index contributed by atoms with van der Waals surface area (Å²) in [6.45, 7) is 0. The first-order valence-electron chi connectivity index (χ1n) is 4.76. The van der Waals surface area contributed by atoms with Gasteiger partial charge in [0.25, 0.3) is 5.91 Å². The van der Waals surface area contributed by atoms with Crippen LogP contribution < -0.4 is 10.1 Å². The van der Waals surface area contributed by atoms with Crippen molar-refractivity contribution in [2.24, 2.45) is 0 Å². The summed E-state index contributed by atoms with van der Waals surface area (Å²) in [7, 11) is 1.58. The van der Waals surface area contributed by atoms with E-state index in [1.165, 1.54) is 0 Å². The highest BCUT2D eigenvalue weighted by atomic mass is 79.9. The number of amides is 1. The Labute approximate surface area is 96.2 Å². The summed E-state index contributed by atoms with van der Waals surface area (Å²) >= 11 is 3.23. The summed E-state index contributed by atoms with van der Waals surface area (Å²) in [5, 5.41) is 2.54. The maximum absolute atomic E-state index is 11.5. The fraction of sp³-hybridized carbons (Fsp3) is 0.400. The van der Waals surface area contributed by atoms with E-state index in [0.29, 0.717) is 16.0 Å². The van der Waals surface area contributed by atoms with Gasteiger partial charge >= 0.3 is 0 Å². The summed E-state index contributed by atoms with van der Waals surface area (Å²) in [6, 6.07) is 3.53. The molecule has 1 aromatic heterocycles. The van der Waals surface area contributed by atoms with Crippen LogP contribution in [0.25, 0.3) is 0 Å². The molecule has 0 bridgehead atoms. The number of aromatic nitrogens is 1. The Hall–Kier alpha value is -1.10. The van der Waals surface area contributed by atoms with E-state index >= 15 is 0 Å². The van der Waals surface area contributed by atoms with Crippen LogP contribution in [0.2, 0.25) is 0 Å². The van der Waals surface area contributed by atoms with E-state index in [2.05, 4.69) is 26.2 Å². The van der Waals surface area contributed by atoms with E-state index in [1.807, 2.05) is 0 Å². The van der Waals surface area contributed by atoms with Gasteiger partial charge < -0.3 is 10.1 Å². The highest BCUT2D eigenvalue weighted by molar-refractivity contribution is 9.10. The zero-order chi connectivity index (χ0) is 10.8. The van der Waals surface area contributed by atoms with Gasteiger partial charge in [-0.1, -0.05) is 0 Å². The molecule has 1 aliphatic carbocycles. The van der Waals surface area contributed by atoms with E-state index in [9.17, 15) is 4.79 Å². The monoisotopic (exact) mass is 270 g/mol. The zero-order valence-electron chi connectivity index (χ0n) is 8.29. The molecule has 0 spiro atoms. The molecular weight excluding hydrogens is 260 g/mol. The fourth-order valence-corrected chi connectivity index (χ4v) is 1.47. The molecule has 1 amide bonds. The first-order chi connectivity index (χ1) is 7.20. The third-order valence-electron chi connectivity index (χ3n) is 2.08. The standard InChI is InChI=1S/C10H11BrN2O2/c1-12-10(14)9-7(15-6-2-3-6)4-5-8(11)13-9/h4-6H,2-3H2,1H3,(H,12,14). The van der Waals surface area contributed by atoms with Crippen molar-refractivity contribution < 1.29 is 9.53 Å². The van der Waals surface area contributed by atoms with Crippen molar-refractivity contribution in [2.75, 3.05) is 7.05 Å². The Morgan fingerprint density at radius 2 is 2.33 bits per heavy atom.